The van der Waals surface area contributed by atoms with Crippen LogP contribution in [0.25, 0.3) is 0 Å². The van der Waals surface area contributed by atoms with Crippen molar-refractivity contribution in [2.24, 2.45) is 0 Å². The molecule has 0 saturated heterocycles. The lowest BCUT2D eigenvalue weighted by atomic mass is 10.1. The molecule has 2 amide bonds. The predicted octanol–water partition coefficient (Wildman–Crippen LogP) is 3.06. The second-order valence-corrected chi connectivity index (χ2v) is 9.44. The zero-order valence-corrected chi connectivity index (χ0v) is 19.4. The summed E-state index contributed by atoms with van der Waals surface area (Å²) < 4.78 is 39.9. The van der Waals surface area contributed by atoms with Gasteiger partial charge in [-0.3, -0.25) is 13.9 Å². The van der Waals surface area contributed by atoms with Gasteiger partial charge in [-0.25, -0.2) is 12.8 Å². The van der Waals surface area contributed by atoms with Crippen LogP contribution in [0.4, 0.5) is 10.1 Å². The summed E-state index contributed by atoms with van der Waals surface area (Å²) in [4.78, 5) is 26.5. The molecule has 0 aromatic heterocycles. The Kier molecular flexibility index (Phi) is 8.27. The van der Waals surface area contributed by atoms with E-state index in [0.717, 1.165) is 15.5 Å². The quantitative estimate of drug-likeness (QED) is 0.617. The maximum atomic E-state index is 14.2. The van der Waals surface area contributed by atoms with E-state index in [1.165, 1.54) is 50.4 Å². The summed E-state index contributed by atoms with van der Waals surface area (Å²) in [6.45, 7) is 0.574. The molecule has 0 aliphatic rings. The van der Waals surface area contributed by atoms with E-state index in [4.69, 9.17) is 23.2 Å². The molecule has 2 rings (SSSR count). The molecule has 168 valence electrons. The fraction of sp³-hybridized carbons (Fsp3) is 0.300. The number of rotatable bonds is 8. The Morgan fingerprint density at radius 3 is 2.35 bits per heavy atom. The number of carbonyl (C=O) groups excluding carboxylic acids is 2. The van der Waals surface area contributed by atoms with E-state index in [2.05, 4.69) is 5.32 Å². The average Bonchev–Trinajstić information content (AvgIpc) is 2.71. The average molecular weight is 490 g/mol. The molecule has 1 atom stereocenters. The number of likely N-dealkylation sites (N-methyl/N-ethyl adjacent to an activating group) is 1. The van der Waals surface area contributed by atoms with Gasteiger partial charge in [0.05, 0.1) is 22.0 Å². The van der Waals surface area contributed by atoms with Crippen LogP contribution in [0.15, 0.2) is 42.5 Å². The molecule has 11 heteroatoms. The van der Waals surface area contributed by atoms with E-state index in [1.807, 2.05) is 0 Å². The van der Waals surface area contributed by atoms with Crippen molar-refractivity contribution in [1.29, 1.82) is 0 Å². The molecule has 7 nitrogen and oxygen atoms in total. The minimum absolute atomic E-state index is 0.0171. The summed E-state index contributed by atoms with van der Waals surface area (Å²) >= 11 is 12.2. The number of amides is 2. The molecular weight excluding hydrogens is 468 g/mol. The van der Waals surface area contributed by atoms with Crippen LogP contribution in [0.2, 0.25) is 10.0 Å². The minimum Gasteiger partial charge on any atom is -0.357 e. The fourth-order valence-corrected chi connectivity index (χ4v) is 4.18. The second-order valence-electron chi connectivity index (χ2n) is 6.75. The highest BCUT2D eigenvalue weighted by atomic mass is 35.5. The number of hydrogen-bond donors (Lipinski definition) is 1. The SMILES string of the molecule is CNC(=O)[C@H](C)N(Cc1ccccc1F)C(=O)CN(c1cccc(Cl)c1Cl)S(C)(=O)=O. The Labute approximate surface area is 190 Å². The molecule has 0 spiro atoms. The van der Waals surface area contributed by atoms with Gasteiger partial charge in [-0.15, -0.1) is 0 Å². The van der Waals surface area contributed by atoms with Gasteiger partial charge in [0, 0.05) is 19.2 Å². The van der Waals surface area contributed by atoms with Crippen LogP contribution in [-0.2, 0) is 26.2 Å². The molecule has 0 saturated carbocycles. The van der Waals surface area contributed by atoms with Crippen LogP contribution in [0.1, 0.15) is 12.5 Å². The van der Waals surface area contributed by atoms with Crippen LogP contribution in [-0.4, -0.2) is 51.0 Å². The highest BCUT2D eigenvalue weighted by molar-refractivity contribution is 7.92. The highest BCUT2D eigenvalue weighted by Crippen LogP contribution is 2.33. The zero-order chi connectivity index (χ0) is 23.3. The Balaban J connectivity index is 2.45. The molecule has 0 heterocycles. The first-order chi connectivity index (χ1) is 14.5. The van der Waals surface area contributed by atoms with Crippen LogP contribution in [0.5, 0.6) is 0 Å². The van der Waals surface area contributed by atoms with Crippen LogP contribution in [0.3, 0.4) is 0 Å². The monoisotopic (exact) mass is 489 g/mol. The molecule has 0 aliphatic carbocycles. The van der Waals surface area contributed by atoms with Gasteiger partial charge in [0.15, 0.2) is 0 Å². The number of nitrogens with zero attached hydrogens (tertiary/aromatic N) is 2. The van der Waals surface area contributed by atoms with Gasteiger partial charge in [-0.05, 0) is 25.1 Å². The Bertz CT molecular complexity index is 1080. The van der Waals surface area contributed by atoms with E-state index >= 15 is 0 Å². The number of benzene rings is 2. The third kappa shape index (κ3) is 6.09. The summed E-state index contributed by atoms with van der Waals surface area (Å²) in [7, 11) is -2.55. The van der Waals surface area contributed by atoms with E-state index < -0.39 is 40.2 Å². The summed E-state index contributed by atoms with van der Waals surface area (Å²) in [6.07, 6.45) is 0.918. The topological polar surface area (TPSA) is 86.8 Å². The normalized spacial score (nSPS) is 12.2. The van der Waals surface area contributed by atoms with Crippen LogP contribution >= 0.6 is 23.2 Å². The minimum atomic E-state index is -3.95. The highest BCUT2D eigenvalue weighted by Gasteiger charge is 2.31. The molecule has 0 aliphatic heterocycles. The van der Waals surface area contributed by atoms with Crippen molar-refractivity contribution in [1.82, 2.24) is 10.2 Å². The van der Waals surface area contributed by atoms with Crippen LogP contribution in [0, 0.1) is 5.82 Å². The van der Waals surface area contributed by atoms with Crippen molar-refractivity contribution in [2.75, 3.05) is 24.2 Å². The molecule has 2 aromatic carbocycles. The first-order valence-corrected chi connectivity index (χ1v) is 11.7. The van der Waals surface area contributed by atoms with Gasteiger partial charge in [-0.2, -0.15) is 0 Å². The summed E-state index contributed by atoms with van der Waals surface area (Å²) in [5, 5.41) is 2.51. The maximum Gasteiger partial charge on any atom is 0.244 e. The van der Waals surface area contributed by atoms with Crippen molar-refractivity contribution >= 4 is 50.7 Å². The molecule has 1 N–H and O–H groups in total. The fourth-order valence-electron chi connectivity index (χ4n) is 2.88. The van der Waals surface area contributed by atoms with Crippen molar-refractivity contribution in [3.05, 3.63) is 63.9 Å². The third-order valence-electron chi connectivity index (χ3n) is 4.59. The zero-order valence-electron chi connectivity index (χ0n) is 17.1. The molecule has 2 aromatic rings. The van der Waals surface area contributed by atoms with Crippen LogP contribution < -0.4 is 9.62 Å². The lowest BCUT2D eigenvalue weighted by Gasteiger charge is -2.31. The van der Waals surface area contributed by atoms with Gasteiger partial charge in [0.2, 0.25) is 21.8 Å². The number of hydrogen-bond acceptors (Lipinski definition) is 4. The lowest BCUT2D eigenvalue weighted by Crippen LogP contribution is -2.50. The Hall–Kier alpha value is -2.36. The first-order valence-electron chi connectivity index (χ1n) is 9.13. The number of nitrogens with one attached hydrogen (secondary N) is 1. The van der Waals surface area contributed by atoms with Crippen molar-refractivity contribution < 1.29 is 22.4 Å². The van der Waals surface area contributed by atoms with E-state index in [9.17, 15) is 22.4 Å². The van der Waals surface area contributed by atoms with Gasteiger partial charge in [0.1, 0.15) is 18.4 Å². The maximum absolute atomic E-state index is 14.2. The molecule has 0 bridgehead atoms. The number of halogens is 3. The Morgan fingerprint density at radius 1 is 1.13 bits per heavy atom. The van der Waals surface area contributed by atoms with Gasteiger partial charge >= 0.3 is 0 Å². The molecule has 0 fully saturated rings. The molecule has 0 unspecified atom stereocenters. The van der Waals surface area contributed by atoms with E-state index in [0.29, 0.717) is 0 Å². The summed E-state index contributed by atoms with van der Waals surface area (Å²) in [5.41, 5.74) is 0.196. The predicted molar refractivity (Wildman–Crippen MR) is 119 cm³/mol. The van der Waals surface area contributed by atoms with E-state index in [1.54, 1.807) is 6.07 Å². The third-order valence-corrected chi connectivity index (χ3v) is 6.53. The van der Waals surface area contributed by atoms with E-state index in [-0.39, 0.29) is 27.8 Å². The molecule has 31 heavy (non-hydrogen) atoms. The molecular formula is C20H22Cl2FN3O4S. The molecule has 0 radical (unpaired) electrons. The first kappa shape index (κ1) is 24.9. The largest absolute Gasteiger partial charge is 0.357 e. The summed E-state index contributed by atoms with van der Waals surface area (Å²) in [6, 6.07) is 9.20. The smallest absolute Gasteiger partial charge is 0.244 e. The van der Waals surface area contributed by atoms with Gasteiger partial charge in [0.25, 0.3) is 0 Å². The Morgan fingerprint density at radius 2 is 1.77 bits per heavy atom. The number of carbonyl (C=O) groups is 2. The second kappa shape index (κ2) is 10.3. The van der Waals surface area contributed by atoms with Crippen molar-refractivity contribution in [2.45, 2.75) is 19.5 Å². The van der Waals surface area contributed by atoms with Crippen molar-refractivity contribution in [3.63, 3.8) is 0 Å². The van der Waals surface area contributed by atoms with Gasteiger partial charge in [-0.1, -0.05) is 47.5 Å². The number of sulfonamides is 1. The van der Waals surface area contributed by atoms with Gasteiger partial charge < -0.3 is 10.2 Å². The standard InChI is InChI=1S/C20H22Cl2FN3O4S/c1-13(20(28)24-2)25(11-14-7-4-5-9-16(14)23)18(27)12-26(31(3,29)30)17-10-6-8-15(21)19(17)22/h4-10,13H,11-12H2,1-3H3,(H,24,28)/t13-/m0/s1. The van der Waals surface area contributed by atoms with Crippen molar-refractivity contribution in [3.8, 4) is 0 Å². The summed E-state index contributed by atoms with van der Waals surface area (Å²) in [5.74, 6) is -1.76. The number of anilines is 1. The lowest BCUT2D eigenvalue weighted by molar-refractivity contribution is -0.139.